The normalized spacial score (nSPS) is 19.8. The van der Waals surface area contributed by atoms with Gasteiger partial charge in [0.15, 0.2) is 12.1 Å². The van der Waals surface area contributed by atoms with Gasteiger partial charge in [-0.3, -0.25) is 14.3 Å². The van der Waals surface area contributed by atoms with Crippen LogP contribution in [0.1, 0.15) is 67.7 Å². The Morgan fingerprint density at radius 2 is 1.76 bits per heavy atom. The van der Waals surface area contributed by atoms with Gasteiger partial charge in [-0.2, -0.15) is 18.2 Å². The van der Waals surface area contributed by atoms with Gasteiger partial charge in [-0.05, 0) is 49.6 Å². The molecule has 1 aromatic carbocycles. The van der Waals surface area contributed by atoms with Crippen LogP contribution < -0.4 is 10.6 Å². The molecule has 0 spiro atoms. The summed E-state index contributed by atoms with van der Waals surface area (Å²) in [4.78, 5) is 37.6. The molecule has 0 saturated carbocycles. The zero-order valence-electron chi connectivity index (χ0n) is 21.5. The van der Waals surface area contributed by atoms with E-state index in [0.717, 1.165) is 37.0 Å². The lowest BCUT2D eigenvalue weighted by Crippen LogP contribution is -2.59. The van der Waals surface area contributed by atoms with E-state index in [9.17, 15) is 22.8 Å². The number of anilines is 1. The van der Waals surface area contributed by atoms with Gasteiger partial charge in [-0.1, -0.05) is 32.4 Å². The maximum atomic E-state index is 13.1. The van der Waals surface area contributed by atoms with Gasteiger partial charge >= 0.3 is 11.9 Å². The molecule has 10 heteroatoms. The molecule has 3 atom stereocenters. The molecule has 3 aromatic rings. The summed E-state index contributed by atoms with van der Waals surface area (Å²) in [7, 11) is 1.63. The Kier molecular flexibility index (Phi) is 7.68. The van der Waals surface area contributed by atoms with Crippen molar-refractivity contribution in [3.05, 3.63) is 63.7 Å². The number of fused-ring (bicyclic) bond motifs is 1. The number of carbonyl (C=O) groups excluding carboxylic acids is 1. The molecule has 2 aromatic heterocycles. The molecule has 0 radical (unpaired) electrons. The summed E-state index contributed by atoms with van der Waals surface area (Å²) in [5, 5.41) is 0. The number of benzene rings is 1. The van der Waals surface area contributed by atoms with Gasteiger partial charge in [0.1, 0.15) is 11.2 Å². The molecule has 0 aliphatic carbocycles. The second-order valence-corrected chi connectivity index (χ2v) is 9.65. The van der Waals surface area contributed by atoms with Crippen LogP contribution in [0.15, 0.2) is 41.2 Å². The van der Waals surface area contributed by atoms with Crippen LogP contribution in [0.4, 0.5) is 19.0 Å². The summed E-state index contributed by atoms with van der Waals surface area (Å²) in [6, 6.07) is 8.67. The highest BCUT2D eigenvalue weighted by Crippen LogP contribution is 2.35. The molecular formula is C27H32F3N5O2. The first-order valence-electron chi connectivity index (χ1n) is 12.6. The van der Waals surface area contributed by atoms with Crippen LogP contribution in [0.3, 0.4) is 0 Å². The fourth-order valence-electron chi connectivity index (χ4n) is 5.28. The van der Waals surface area contributed by atoms with Crippen molar-refractivity contribution in [2.24, 2.45) is 7.05 Å². The molecule has 4 rings (SSSR count). The number of piperazine rings is 1. The molecule has 1 unspecified atom stereocenters. The molecule has 0 amide bonds. The van der Waals surface area contributed by atoms with Crippen LogP contribution in [-0.2, 0) is 13.2 Å². The van der Waals surface area contributed by atoms with E-state index >= 15 is 0 Å². The first-order chi connectivity index (χ1) is 17.6. The second-order valence-electron chi connectivity index (χ2n) is 9.65. The van der Waals surface area contributed by atoms with Crippen molar-refractivity contribution in [2.45, 2.75) is 64.3 Å². The number of aldehydes is 1. The van der Waals surface area contributed by atoms with Crippen molar-refractivity contribution >= 4 is 23.1 Å². The molecule has 37 heavy (non-hydrogen) atoms. The van der Waals surface area contributed by atoms with E-state index in [0.29, 0.717) is 36.2 Å². The number of hydrogen-bond acceptors (Lipinski definition) is 6. The van der Waals surface area contributed by atoms with Gasteiger partial charge in [0.25, 0.3) is 0 Å². The number of rotatable bonds is 7. The Hall–Kier alpha value is -3.27. The van der Waals surface area contributed by atoms with Gasteiger partial charge in [0.2, 0.25) is 0 Å². The third-order valence-corrected chi connectivity index (χ3v) is 7.40. The summed E-state index contributed by atoms with van der Waals surface area (Å²) in [6.07, 6.45) is -1.16. The average molecular weight is 516 g/mol. The molecule has 1 saturated heterocycles. The molecule has 1 fully saturated rings. The largest absolute Gasteiger partial charge is 0.416 e. The van der Waals surface area contributed by atoms with Gasteiger partial charge in [-0.15, -0.1) is 0 Å². The van der Waals surface area contributed by atoms with Crippen LogP contribution in [0.2, 0.25) is 0 Å². The first kappa shape index (κ1) is 26.8. The number of aryl methyl sites for hydroxylation is 1. The molecular weight excluding hydrogens is 483 g/mol. The Morgan fingerprint density at radius 1 is 1.05 bits per heavy atom. The lowest BCUT2D eigenvalue weighted by molar-refractivity contribution is -0.137. The van der Waals surface area contributed by atoms with Crippen molar-refractivity contribution in [3.8, 4) is 0 Å². The predicted octanol–water partition coefficient (Wildman–Crippen LogP) is 4.99. The Labute approximate surface area is 213 Å². The zero-order chi connectivity index (χ0) is 26.9. The van der Waals surface area contributed by atoms with Crippen molar-refractivity contribution < 1.29 is 18.0 Å². The van der Waals surface area contributed by atoms with Crippen molar-refractivity contribution in [1.82, 2.24) is 19.4 Å². The second kappa shape index (κ2) is 10.6. The maximum Gasteiger partial charge on any atom is 0.416 e. The Bertz CT molecular complexity index is 1320. The van der Waals surface area contributed by atoms with Crippen molar-refractivity contribution in [2.75, 3.05) is 18.0 Å². The lowest BCUT2D eigenvalue weighted by atomic mass is 9.95. The fourth-order valence-corrected chi connectivity index (χ4v) is 5.28. The maximum absolute atomic E-state index is 13.1. The topological polar surface area (TPSA) is 71.3 Å². The highest BCUT2D eigenvalue weighted by molar-refractivity contribution is 5.89. The standard InChI is InChI=1S/C27H32F3N5O2/c1-5-7-22-15-34(17(3)18-8-10-19(11-9-18)27(28,29)30)21(6-2)14-35(22)25-24-23(33(4)26(37)32-25)13-12-20(16-36)31-24/h8-13,16-17,21-22H,5-7,14-15H2,1-4H3/t17?,21-,22+/m1/s1. The van der Waals surface area contributed by atoms with E-state index in [-0.39, 0.29) is 23.8 Å². The summed E-state index contributed by atoms with van der Waals surface area (Å²) < 4.78 is 40.6. The number of aromatic nitrogens is 3. The van der Waals surface area contributed by atoms with Gasteiger partial charge in [-0.25, -0.2) is 9.78 Å². The van der Waals surface area contributed by atoms with E-state index < -0.39 is 17.4 Å². The van der Waals surface area contributed by atoms with Crippen molar-refractivity contribution in [3.63, 3.8) is 0 Å². The summed E-state index contributed by atoms with van der Waals surface area (Å²) >= 11 is 0. The number of hydrogen-bond donors (Lipinski definition) is 0. The van der Waals surface area contributed by atoms with E-state index in [1.165, 1.54) is 4.57 Å². The SMILES string of the molecule is CCC[C@H]1CN(C(C)c2ccc(C(F)(F)F)cc2)[C@H](CC)CN1c1nc(=O)n(C)c2ccc(C=O)nc12. The zero-order valence-corrected chi connectivity index (χ0v) is 21.5. The molecule has 1 aliphatic rings. The third-order valence-electron chi connectivity index (χ3n) is 7.40. The summed E-state index contributed by atoms with van der Waals surface area (Å²) in [5.41, 5.74) is 1.14. The molecule has 0 bridgehead atoms. The van der Waals surface area contributed by atoms with Crippen LogP contribution in [0.25, 0.3) is 11.0 Å². The molecule has 3 heterocycles. The minimum absolute atomic E-state index is 0.00851. The first-order valence-corrected chi connectivity index (χ1v) is 12.6. The third kappa shape index (κ3) is 5.25. The number of halogens is 3. The van der Waals surface area contributed by atoms with Crippen molar-refractivity contribution in [1.29, 1.82) is 0 Å². The fraction of sp³-hybridized carbons (Fsp3) is 0.481. The number of nitrogens with zero attached hydrogens (tertiary/aromatic N) is 5. The number of carbonyl (C=O) groups is 1. The van der Waals surface area contributed by atoms with Crippen LogP contribution >= 0.6 is 0 Å². The highest BCUT2D eigenvalue weighted by Gasteiger charge is 2.37. The Balaban J connectivity index is 1.72. The van der Waals surface area contributed by atoms with E-state index in [4.69, 9.17) is 0 Å². The highest BCUT2D eigenvalue weighted by atomic mass is 19.4. The van der Waals surface area contributed by atoms with Crippen LogP contribution in [0, 0.1) is 0 Å². The van der Waals surface area contributed by atoms with E-state index in [1.54, 1.807) is 31.3 Å². The molecule has 1 aliphatic heterocycles. The summed E-state index contributed by atoms with van der Waals surface area (Å²) in [6.45, 7) is 7.42. The number of pyridine rings is 1. The van der Waals surface area contributed by atoms with E-state index in [1.807, 2.05) is 6.92 Å². The molecule has 0 N–H and O–H groups in total. The van der Waals surface area contributed by atoms with Crippen LogP contribution in [0.5, 0.6) is 0 Å². The molecule has 198 valence electrons. The minimum Gasteiger partial charge on any atom is -0.349 e. The number of alkyl halides is 3. The monoisotopic (exact) mass is 515 g/mol. The van der Waals surface area contributed by atoms with Gasteiger partial charge in [0, 0.05) is 38.3 Å². The Morgan fingerprint density at radius 3 is 2.35 bits per heavy atom. The quantitative estimate of drug-likeness (QED) is 0.413. The van der Waals surface area contributed by atoms with Gasteiger partial charge < -0.3 is 4.90 Å². The lowest BCUT2D eigenvalue weighted by Gasteiger charge is -2.49. The van der Waals surface area contributed by atoms with Crippen LogP contribution in [-0.4, -0.2) is 50.9 Å². The predicted molar refractivity (Wildman–Crippen MR) is 137 cm³/mol. The smallest absolute Gasteiger partial charge is 0.349 e. The average Bonchev–Trinajstić information content (AvgIpc) is 2.89. The summed E-state index contributed by atoms with van der Waals surface area (Å²) in [5.74, 6) is 0.473. The van der Waals surface area contributed by atoms with E-state index in [2.05, 4.69) is 33.6 Å². The van der Waals surface area contributed by atoms with Gasteiger partial charge in [0.05, 0.1) is 11.1 Å². The minimum atomic E-state index is -4.37. The molecule has 7 nitrogen and oxygen atoms in total.